The number of thiazole rings is 1. The van der Waals surface area contributed by atoms with Crippen molar-refractivity contribution in [2.75, 3.05) is 5.32 Å². The van der Waals surface area contributed by atoms with Gasteiger partial charge in [0.25, 0.3) is 0 Å². The zero-order valence-corrected chi connectivity index (χ0v) is 14.3. The Bertz CT molecular complexity index is 1130. The summed E-state index contributed by atoms with van der Waals surface area (Å²) >= 11 is 1.20. The molecule has 3 aromatic heterocycles. The number of benzene rings is 1. The number of anilines is 1. The molecule has 0 aliphatic heterocycles. The van der Waals surface area contributed by atoms with E-state index < -0.39 is 0 Å². The molecule has 0 spiro atoms. The van der Waals surface area contributed by atoms with Crippen molar-refractivity contribution < 1.29 is 14.3 Å². The number of hydrogen-bond donors (Lipinski definition) is 2. The van der Waals surface area contributed by atoms with Crippen LogP contribution in [0.2, 0.25) is 0 Å². The highest BCUT2D eigenvalue weighted by Gasteiger charge is 2.18. The van der Waals surface area contributed by atoms with Gasteiger partial charge in [0.05, 0.1) is 22.2 Å². The van der Waals surface area contributed by atoms with Gasteiger partial charge >= 0.3 is 0 Å². The normalized spacial score (nSPS) is 11.5. The molecular formula is C16H14FN5O2S. The van der Waals surface area contributed by atoms with Crippen molar-refractivity contribution in [1.29, 1.82) is 0 Å². The van der Waals surface area contributed by atoms with Crippen LogP contribution in [0, 0.1) is 12.7 Å². The van der Waals surface area contributed by atoms with Gasteiger partial charge in [-0.15, -0.1) is 0 Å². The summed E-state index contributed by atoms with van der Waals surface area (Å²) in [6.45, 7) is 1.76. The van der Waals surface area contributed by atoms with Crippen molar-refractivity contribution in [3.63, 3.8) is 0 Å². The van der Waals surface area contributed by atoms with Crippen LogP contribution < -0.4 is 5.32 Å². The standard InChI is InChI=1S/C16H14FN5O2S/c1-8-14(24)13-15(21(8)2)18-7-22(13)6-12(23)20-16-19-10-4-3-9(17)5-11(10)25-16/h3-5,7,24H,6H2,1-2H3,(H,19,20,23). The molecule has 0 unspecified atom stereocenters. The number of imidazole rings is 1. The van der Waals surface area contributed by atoms with Crippen LogP contribution in [0.5, 0.6) is 5.75 Å². The lowest BCUT2D eigenvalue weighted by molar-refractivity contribution is -0.116. The molecule has 128 valence electrons. The second-order valence-corrected chi connectivity index (χ2v) is 6.75. The van der Waals surface area contributed by atoms with E-state index in [-0.39, 0.29) is 24.0 Å². The molecule has 0 radical (unpaired) electrons. The highest BCUT2D eigenvalue weighted by Crippen LogP contribution is 2.30. The fraction of sp³-hybridized carbons (Fsp3) is 0.188. The number of aryl methyl sites for hydroxylation is 1. The fourth-order valence-corrected chi connectivity index (χ4v) is 3.64. The van der Waals surface area contributed by atoms with E-state index in [0.717, 1.165) is 0 Å². The third kappa shape index (κ3) is 2.52. The number of aromatic nitrogens is 4. The molecule has 1 aromatic carbocycles. The van der Waals surface area contributed by atoms with Crippen LogP contribution >= 0.6 is 11.3 Å². The predicted molar refractivity (Wildman–Crippen MR) is 93.3 cm³/mol. The number of carbonyl (C=O) groups is 1. The van der Waals surface area contributed by atoms with Crippen molar-refractivity contribution in [2.24, 2.45) is 7.05 Å². The summed E-state index contributed by atoms with van der Waals surface area (Å²) < 4.78 is 17.2. The number of carbonyl (C=O) groups excluding carboxylic acids is 1. The quantitative estimate of drug-likeness (QED) is 0.589. The van der Waals surface area contributed by atoms with Gasteiger partial charge in [-0.3, -0.25) is 4.79 Å². The van der Waals surface area contributed by atoms with Gasteiger partial charge in [0.2, 0.25) is 5.91 Å². The van der Waals surface area contributed by atoms with Gasteiger partial charge in [-0.25, -0.2) is 14.4 Å². The molecule has 3 heterocycles. The average molecular weight is 359 g/mol. The van der Waals surface area contributed by atoms with E-state index in [1.165, 1.54) is 29.8 Å². The summed E-state index contributed by atoms with van der Waals surface area (Å²) in [6, 6.07) is 4.28. The maximum atomic E-state index is 13.2. The maximum absolute atomic E-state index is 13.2. The molecule has 0 aliphatic carbocycles. The topological polar surface area (TPSA) is 85.0 Å². The van der Waals surface area contributed by atoms with Gasteiger partial charge < -0.3 is 19.6 Å². The van der Waals surface area contributed by atoms with Gasteiger partial charge in [-0.05, 0) is 25.1 Å². The molecule has 0 aliphatic rings. The molecule has 0 saturated heterocycles. The summed E-state index contributed by atoms with van der Waals surface area (Å²) in [5.41, 5.74) is 2.43. The van der Waals surface area contributed by atoms with Gasteiger partial charge in [0.15, 0.2) is 16.5 Å². The molecule has 0 fully saturated rings. The predicted octanol–water partition coefficient (Wildman–Crippen LogP) is 2.78. The smallest absolute Gasteiger partial charge is 0.246 e. The Morgan fingerprint density at radius 2 is 2.24 bits per heavy atom. The SMILES string of the molecule is Cc1c(O)c2c(ncn2CC(=O)Nc2nc3ccc(F)cc3s2)n1C. The number of halogens is 1. The Hall–Kier alpha value is -2.94. The minimum absolute atomic E-state index is 0.0161. The first-order chi connectivity index (χ1) is 11.9. The van der Waals surface area contributed by atoms with Gasteiger partial charge in [-0.2, -0.15) is 0 Å². The Labute approximate surface area is 145 Å². The molecule has 25 heavy (non-hydrogen) atoms. The van der Waals surface area contributed by atoms with Gasteiger partial charge in [-0.1, -0.05) is 11.3 Å². The third-order valence-electron chi connectivity index (χ3n) is 4.12. The first-order valence-electron chi connectivity index (χ1n) is 7.49. The Balaban J connectivity index is 1.58. The first kappa shape index (κ1) is 15.6. The maximum Gasteiger partial charge on any atom is 0.246 e. The van der Waals surface area contributed by atoms with Crippen LogP contribution in [-0.4, -0.2) is 30.1 Å². The number of amides is 1. The second-order valence-electron chi connectivity index (χ2n) is 5.72. The molecule has 7 nitrogen and oxygen atoms in total. The Morgan fingerprint density at radius 1 is 1.44 bits per heavy atom. The van der Waals surface area contributed by atoms with Crippen LogP contribution in [0.3, 0.4) is 0 Å². The van der Waals surface area contributed by atoms with Crippen LogP contribution in [0.25, 0.3) is 21.4 Å². The zero-order chi connectivity index (χ0) is 17.7. The van der Waals surface area contributed by atoms with Crippen molar-refractivity contribution >= 4 is 43.8 Å². The highest BCUT2D eigenvalue weighted by atomic mass is 32.1. The lowest BCUT2D eigenvalue weighted by Crippen LogP contribution is -2.18. The lowest BCUT2D eigenvalue weighted by Gasteiger charge is -2.03. The van der Waals surface area contributed by atoms with Gasteiger partial charge in [0.1, 0.15) is 17.9 Å². The third-order valence-corrected chi connectivity index (χ3v) is 5.05. The summed E-state index contributed by atoms with van der Waals surface area (Å²) in [4.78, 5) is 20.8. The molecule has 2 N–H and O–H groups in total. The Kier molecular flexibility index (Phi) is 3.46. The van der Waals surface area contributed by atoms with E-state index in [1.54, 1.807) is 29.2 Å². The van der Waals surface area contributed by atoms with E-state index in [9.17, 15) is 14.3 Å². The molecule has 9 heteroatoms. The number of nitrogens with one attached hydrogen (secondary N) is 1. The van der Waals surface area contributed by atoms with Crippen LogP contribution in [0.4, 0.5) is 9.52 Å². The number of rotatable bonds is 3. The zero-order valence-electron chi connectivity index (χ0n) is 13.4. The van der Waals surface area contributed by atoms with E-state index in [4.69, 9.17) is 0 Å². The van der Waals surface area contributed by atoms with E-state index in [0.29, 0.717) is 32.2 Å². The first-order valence-corrected chi connectivity index (χ1v) is 8.30. The second kappa shape index (κ2) is 5.55. The van der Waals surface area contributed by atoms with Gasteiger partial charge in [0, 0.05) is 7.05 Å². The monoisotopic (exact) mass is 359 g/mol. The number of aromatic hydroxyl groups is 1. The summed E-state index contributed by atoms with van der Waals surface area (Å²) in [5.74, 6) is -0.539. The van der Waals surface area contributed by atoms with E-state index in [2.05, 4.69) is 15.3 Å². The molecule has 4 rings (SSSR count). The van der Waals surface area contributed by atoms with Crippen LogP contribution in [0.1, 0.15) is 5.69 Å². The Morgan fingerprint density at radius 3 is 3.04 bits per heavy atom. The molecule has 4 aromatic rings. The molecule has 1 amide bonds. The molecule has 0 bridgehead atoms. The average Bonchev–Trinajstić information content (AvgIpc) is 3.20. The van der Waals surface area contributed by atoms with Crippen molar-refractivity contribution in [3.05, 3.63) is 36.0 Å². The minimum atomic E-state index is -0.343. The molecular weight excluding hydrogens is 345 g/mol. The molecule has 0 atom stereocenters. The summed E-state index contributed by atoms with van der Waals surface area (Å²) in [6.07, 6.45) is 1.51. The van der Waals surface area contributed by atoms with Crippen LogP contribution in [-0.2, 0) is 18.4 Å². The van der Waals surface area contributed by atoms with Crippen molar-refractivity contribution in [3.8, 4) is 5.75 Å². The van der Waals surface area contributed by atoms with Crippen LogP contribution in [0.15, 0.2) is 24.5 Å². The fourth-order valence-electron chi connectivity index (χ4n) is 2.73. The van der Waals surface area contributed by atoms with Crippen molar-refractivity contribution in [1.82, 2.24) is 19.1 Å². The number of nitrogens with zero attached hydrogens (tertiary/aromatic N) is 4. The number of fused-ring (bicyclic) bond motifs is 2. The lowest BCUT2D eigenvalue weighted by atomic mass is 10.3. The van der Waals surface area contributed by atoms with E-state index >= 15 is 0 Å². The van der Waals surface area contributed by atoms with Crippen molar-refractivity contribution in [2.45, 2.75) is 13.5 Å². The highest BCUT2D eigenvalue weighted by molar-refractivity contribution is 7.22. The largest absolute Gasteiger partial charge is 0.504 e. The minimum Gasteiger partial charge on any atom is -0.504 e. The summed E-state index contributed by atoms with van der Waals surface area (Å²) in [7, 11) is 1.80. The molecule has 0 saturated carbocycles. The number of hydrogen-bond acceptors (Lipinski definition) is 5. The summed E-state index contributed by atoms with van der Waals surface area (Å²) in [5, 5.41) is 13.3. The van der Waals surface area contributed by atoms with E-state index in [1.807, 2.05) is 0 Å².